The summed E-state index contributed by atoms with van der Waals surface area (Å²) in [4.78, 5) is 14.7. The number of ether oxygens (including phenoxy) is 3. The number of para-hydroxylation sites is 2. The van der Waals surface area contributed by atoms with E-state index in [1.165, 1.54) is 5.56 Å². The average Bonchev–Trinajstić information content (AvgIpc) is 3.20. The minimum Gasteiger partial charge on any atom is -0.497 e. The average molecular weight is 382 g/mol. The molecule has 0 saturated carbocycles. The lowest BCUT2D eigenvalue weighted by Crippen LogP contribution is -2.44. The van der Waals surface area contributed by atoms with Crippen LogP contribution in [0.25, 0.3) is 0 Å². The Morgan fingerprint density at radius 1 is 1.21 bits per heavy atom. The van der Waals surface area contributed by atoms with Crippen LogP contribution in [0, 0.1) is 0 Å². The van der Waals surface area contributed by atoms with Gasteiger partial charge in [-0.1, -0.05) is 24.3 Å². The number of methoxy groups -OCH3 is 1. The van der Waals surface area contributed by atoms with E-state index >= 15 is 0 Å². The second-order valence-corrected chi connectivity index (χ2v) is 7.21. The van der Waals surface area contributed by atoms with Gasteiger partial charge in [0.05, 0.1) is 20.2 Å². The number of carbonyl (C=O) groups excluding carboxylic acids is 1. The number of benzene rings is 2. The number of likely N-dealkylation sites (tertiary alicyclic amines) is 1. The molecule has 0 aromatic heterocycles. The zero-order valence-electron chi connectivity index (χ0n) is 16.1. The molecule has 28 heavy (non-hydrogen) atoms. The van der Waals surface area contributed by atoms with Gasteiger partial charge < -0.3 is 19.5 Å². The Hall–Kier alpha value is -2.73. The largest absolute Gasteiger partial charge is 0.497 e. The molecule has 2 aliphatic heterocycles. The molecule has 6 heteroatoms. The summed E-state index contributed by atoms with van der Waals surface area (Å²) in [5.41, 5.74) is 1.20. The number of fused-ring (bicyclic) bond motifs is 1. The first-order chi connectivity index (χ1) is 13.7. The van der Waals surface area contributed by atoms with Gasteiger partial charge in [-0.2, -0.15) is 0 Å². The van der Waals surface area contributed by atoms with Crippen LogP contribution in [0.3, 0.4) is 0 Å². The van der Waals surface area contributed by atoms with Gasteiger partial charge in [0.15, 0.2) is 11.5 Å². The smallest absolute Gasteiger partial charge is 0.234 e. The maximum Gasteiger partial charge on any atom is 0.234 e. The van der Waals surface area contributed by atoms with Crippen molar-refractivity contribution in [1.82, 2.24) is 10.2 Å². The van der Waals surface area contributed by atoms with Crippen molar-refractivity contribution in [3.63, 3.8) is 0 Å². The van der Waals surface area contributed by atoms with Gasteiger partial charge in [-0.15, -0.1) is 0 Å². The van der Waals surface area contributed by atoms with Crippen LogP contribution in [0.5, 0.6) is 17.2 Å². The number of nitrogens with zero attached hydrogens (tertiary/aromatic N) is 1. The topological polar surface area (TPSA) is 60.0 Å². The number of hydrogen-bond donors (Lipinski definition) is 1. The van der Waals surface area contributed by atoms with Gasteiger partial charge in [0.1, 0.15) is 18.5 Å². The summed E-state index contributed by atoms with van der Waals surface area (Å²) in [6, 6.07) is 16.0. The third-order valence-electron chi connectivity index (χ3n) is 5.28. The molecule has 4 rings (SSSR count). The molecular formula is C22H26N2O4. The number of hydrogen-bond acceptors (Lipinski definition) is 5. The van der Waals surface area contributed by atoms with E-state index in [-0.39, 0.29) is 18.1 Å². The molecule has 2 aromatic rings. The van der Waals surface area contributed by atoms with E-state index in [2.05, 4.69) is 22.3 Å². The standard InChI is InChI=1S/C22H26N2O4/c1-26-17-7-4-6-16(12-17)19-8-5-11-24(19)14-22(25)23-13-18-15-27-20-9-2-3-10-21(20)28-18/h2-4,6-7,9-10,12,18-19H,5,8,11,13-15H2,1H3,(H,23,25). The monoisotopic (exact) mass is 382 g/mol. The van der Waals surface area contributed by atoms with Crippen molar-refractivity contribution in [2.45, 2.75) is 25.0 Å². The van der Waals surface area contributed by atoms with Crippen LogP contribution in [0.2, 0.25) is 0 Å². The van der Waals surface area contributed by atoms with Gasteiger partial charge in [-0.25, -0.2) is 0 Å². The molecule has 2 heterocycles. The fraction of sp³-hybridized carbons (Fsp3) is 0.409. The van der Waals surface area contributed by atoms with Crippen LogP contribution in [0.1, 0.15) is 24.4 Å². The molecule has 148 valence electrons. The molecule has 1 fully saturated rings. The summed E-state index contributed by atoms with van der Waals surface area (Å²) in [6.07, 6.45) is 1.97. The highest BCUT2D eigenvalue weighted by atomic mass is 16.6. The lowest BCUT2D eigenvalue weighted by atomic mass is 10.0. The van der Waals surface area contributed by atoms with Gasteiger partial charge in [0, 0.05) is 6.04 Å². The Morgan fingerprint density at radius 2 is 2.07 bits per heavy atom. The van der Waals surface area contributed by atoms with Crippen molar-refractivity contribution in [3.8, 4) is 17.2 Å². The molecule has 0 bridgehead atoms. The Morgan fingerprint density at radius 3 is 2.93 bits per heavy atom. The van der Waals surface area contributed by atoms with Crippen LogP contribution in [-0.2, 0) is 4.79 Å². The Labute approximate surface area is 165 Å². The Kier molecular flexibility index (Phi) is 5.67. The SMILES string of the molecule is COc1cccc(C2CCCN2CC(=O)NCC2COc3ccccc3O2)c1. The van der Waals surface area contributed by atoms with Gasteiger partial charge in [0.2, 0.25) is 5.91 Å². The fourth-order valence-electron chi connectivity index (χ4n) is 3.87. The Bertz CT molecular complexity index is 826. The van der Waals surface area contributed by atoms with Crippen LogP contribution in [-0.4, -0.2) is 50.3 Å². The van der Waals surface area contributed by atoms with E-state index in [0.717, 1.165) is 36.6 Å². The van der Waals surface area contributed by atoms with Crippen molar-refractivity contribution in [2.24, 2.45) is 0 Å². The van der Waals surface area contributed by atoms with Crippen molar-refractivity contribution in [1.29, 1.82) is 0 Å². The van der Waals surface area contributed by atoms with Crippen molar-refractivity contribution >= 4 is 5.91 Å². The second kappa shape index (κ2) is 8.52. The van der Waals surface area contributed by atoms with Crippen LogP contribution < -0.4 is 19.5 Å². The van der Waals surface area contributed by atoms with Crippen molar-refractivity contribution in [3.05, 3.63) is 54.1 Å². The van der Waals surface area contributed by atoms with E-state index in [1.807, 2.05) is 36.4 Å². The molecule has 0 spiro atoms. The first-order valence-corrected chi connectivity index (χ1v) is 9.76. The summed E-state index contributed by atoms with van der Waals surface area (Å²) in [5, 5.41) is 2.99. The van der Waals surface area contributed by atoms with Crippen molar-refractivity contribution < 1.29 is 19.0 Å². The van der Waals surface area contributed by atoms with Crippen molar-refractivity contribution in [2.75, 3.05) is 33.4 Å². The van der Waals surface area contributed by atoms with E-state index in [0.29, 0.717) is 19.7 Å². The summed E-state index contributed by atoms with van der Waals surface area (Å²) < 4.78 is 16.9. The lowest BCUT2D eigenvalue weighted by molar-refractivity contribution is -0.123. The van der Waals surface area contributed by atoms with Crippen LogP contribution >= 0.6 is 0 Å². The molecule has 0 aliphatic carbocycles. The molecule has 2 aromatic carbocycles. The van der Waals surface area contributed by atoms with Gasteiger partial charge in [0.25, 0.3) is 0 Å². The predicted octanol–water partition coefficient (Wildman–Crippen LogP) is 2.79. The molecular weight excluding hydrogens is 356 g/mol. The highest BCUT2D eigenvalue weighted by molar-refractivity contribution is 5.78. The summed E-state index contributed by atoms with van der Waals surface area (Å²) in [5.74, 6) is 2.34. The number of rotatable bonds is 6. The predicted molar refractivity (Wildman–Crippen MR) is 106 cm³/mol. The lowest BCUT2D eigenvalue weighted by Gasteiger charge is -2.27. The molecule has 2 unspecified atom stereocenters. The molecule has 2 aliphatic rings. The molecule has 1 saturated heterocycles. The fourth-order valence-corrected chi connectivity index (χ4v) is 3.87. The van der Waals surface area contributed by atoms with E-state index < -0.39 is 0 Å². The second-order valence-electron chi connectivity index (χ2n) is 7.21. The summed E-state index contributed by atoms with van der Waals surface area (Å²) >= 11 is 0. The summed E-state index contributed by atoms with van der Waals surface area (Å²) in [7, 11) is 1.68. The third kappa shape index (κ3) is 4.22. The Balaban J connectivity index is 1.30. The van der Waals surface area contributed by atoms with E-state index in [9.17, 15) is 4.79 Å². The maximum atomic E-state index is 12.5. The minimum atomic E-state index is -0.174. The maximum absolute atomic E-state index is 12.5. The number of amides is 1. The molecule has 1 amide bonds. The highest BCUT2D eigenvalue weighted by Crippen LogP contribution is 2.33. The first-order valence-electron chi connectivity index (χ1n) is 9.76. The molecule has 1 N–H and O–H groups in total. The third-order valence-corrected chi connectivity index (χ3v) is 5.28. The van der Waals surface area contributed by atoms with Gasteiger partial charge in [-0.05, 0) is 49.2 Å². The highest BCUT2D eigenvalue weighted by Gasteiger charge is 2.28. The quantitative estimate of drug-likeness (QED) is 0.833. The normalized spacial score (nSPS) is 21.3. The molecule has 0 radical (unpaired) electrons. The zero-order chi connectivity index (χ0) is 19.3. The van der Waals surface area contributed by atoms with Gasteiger partial charge >= 0.3 is 0 Å². The van der Waals surface area contributed by atoms with Crippen LogP contribution in [0.15, 0.2) is 48.5 Å². The first kappa shape index (κ1) is 18.6. The van der Waals surface area contributed by atoms with E-state index in [1.54, 1.807) is 7.11 Å². The van der Waals surface area contributed by atoms with Gasteiger partial charge in [-0.3, -0.25) is 9.69 Å². The number of nitrogens with one attached hydrogen (secondary N) is 1. The summed E-state index contributed by atoms with van der Waals surface area (Å²) in [6.45, 7) is 2.18. The number of carbonyl (C=O) groups is 1. The van der Waals surface area contributed by atoms with Crippen LogP contribution in [0.4, 0.5) is 0 Å². The molecule has 2 atom stereocenters. The van der Waals surface area contributed by atoms with E-state index in [4.69, 9.17) is 14.2 Å². The minimum absolute atomic E-state index is 0.0113. The zero-order valence-corrected chi connectivity index (χ0v) is 16.1. The molecule has 6 nitrogen and oxygen atoms in total.